The van der Waals surface area contributed by atoms with Crippen LogP contribution in [-0.4, -0.2) is 20.4 Å². The van der Waals surface area contributed by atoms with E-state index in [-0.39, 0.29) is 17.3 Å². The lowest BCUT2D eigenvalue weighted by molar-refractivity contribution is 0.0790. The standard InChI is InChI=1S/C20H18FN5O2/c1-10-8-14(19(28)26-16(10)18(27)25-20(26)6-3-7-20)24-17-15-11(2)12(21)4-5-13(15)22-9-23-17/h4-5,8-9H,3,6-7H2,1-2H3,(H,25,27)(H,22,23,24). The van der Waals surface area contributed by atoms with E-state index in [4.69, 9.17) is 0 Å². The van der Waals surface area contributed by atoms with Gasteiger partial charge >= 0.3 is 0 Å². The molecular weight excluding hydrogens is 361 g/mol. The largest absolute Gasteiger partial charge is 0.335 e. The van der Waals surface area contributed by atoms with Crippen molar-refractivity contribution in [1.29, 1.82) is 0 Å². The molecular formula is C20H18FN5O2. The number of amides is 1. The Morgan fingerprint density at radius 2 is 2.00 bits per heavy atom. The van der Waals surface area contributed by atoms with Gasteiger partial charge in [-0.1, -0.05) is 0 Å². The zero-order valence-corrected chi connectivity index (χ0v) is 15.5. The molecule has 0 atom stereocenters. The quantitative estimate of drug-likeness (QED) is 0.715. The predicted octanol–water partition coefficient (Wildman–Crippen LogP) is 2.87. The van der Waals surface area contributed by atoms with Crippen LogP contribution in [0.25, 0.3) is 10.9 Å². The molecule has 8 heteroatoms. The second-order valence-corrected chi connectivity index (χ2v) is 7.48. The average Bonchev–Trinajstić information content (AvgIpc) is 2.97. The van der Waals surface area contributed by atoms with Crippen molar-refractivity contribution in [3.63, 3.8) is 0 Å². The first-order valence-electron chi connectivity index (χ1n) is 9.18. The van der Waals surface area contributed by atoms with Crippen molar-refractivity contribution in [1.82, 2.24) is 19.9 Å². The number of pyridine rings is 1. The molecule has 3 aromatic rings. The summed E-state index contributed by atoms with van der Waals surface area (Å²) in [4.78, 5) is 34.1. The lowest BCUT2D eigenvalue weighted by Crippen LogP contribution is -2.52. The van der Waals surface area contributed by atoms with Gasteiger partial charge in [0.2, 0.25) is 0 Å². The maximum atomic E-state index is 14.1. The summed E-state index contributed by atoms with van der Waals surface area (Å²) in [5, 5.41) is 6.56. The molecule has 28 heavy (non-hydrogen) atoms. The van der Waals surface area contributed by atoms with Crippen molar-refractivity contribution in [2.24, 2.45) is 0 Å². The fourth-order valence-electron chi connectivity index (χ4n) is 4.22. The number of carbonyl (C=O) groups excluding carboxylic acids is 1. The second kappa shape index (κ2) is 5.60. The Morgan fingerprint density at radius 1 is 1.21 bits per heavy atom. The van der Waals surface area contributed by atoms with Crippen molar-refractivity contribution in [2.75, 3.05) is 5.32 Å². The number of benzene rings is 1. The number of fused-ring (bicyclic) bond motifs is 3. The van der Waals surface area contributed by atoms with Crippen LogP contribution in [-0.2, 0) is 5.66 Å². The van der Waals surface area contributed by atoms with E-state index in [1.54, 1.807) is 30.5 Å². The first kappa shape index (κ1) is 16.9. The Labute approximate surface area is 159 Å². The van der Waals surface area contributed by atoms with Crippen LogP contribution in [0.1, 0.15) is 40.9 Å². The van der Waals surface area contributed by atoms with E-state index in [0.717, 1.165) is 19.3 Å². The van der Waals surface area contributed by atoms with Gasteiger partial charge in [0.15, 0.2) is 0 Å². The number of rotatable bonds is 2. The minimum atomic E-state index is -0.623. The van der Waals surface area contributed by atoms with Gasteiger partial charge in [-0.25, -0.2) is 14.4 Å². The number of anilines is 2. The third-order valence-electron chi connectivity index (χ3n) is 5.81. The molecule has 1 aliphatic heterocycles. The number of aryl methyl sites for hydroxylation is 2. The topological polar surface area (TPSA) is 88.9 Å². The van der Waals surface area contributed by atoms with Crippen molar-refractivity contribution in [2.45, 2.75) is 38.8 Å². The van der Waals surface area contributed by atoms with E-state index in [1.807, 2.05) is 0 Å². The summed E-state index contributed by atoms with van der Waals surface area (Å²) >= 11 is 0. The minimum Gasteiger partial charge on any atom is -0.335 e. The molecule has 7 nitrogen and oxygen atoms in total. The molecule has 1 fully saturated rings. The van der Waals surface area contributed by atoms with Gasteiger partial charge in [-0.2, -0.15) is 0 Å². The maximum Gasteiger partial charge on any atom is 0.276 e. The van der Waals surface area contributed by atoms with Crippen LogP contribution in [0.2, 0.25) is 0 Å². The summed E-state index contributed by atoms with van der Waals surface area (Å²) in [6.07, 6.45) is 3.79. The fraction of sp³-hybridized carbons (Fsp3) is 0.300. The van der Waals surface area contributed by atoms with E-state index in [1.165, 1.54) is 12.4 Å². The predicted molar refractivity (Wildman–Crippen MR) is 102 cm³/mol. The number of nitrogens with zero attached hydrogens (tertiary/aromatic N) is 3. The van der Waals surface area contributed by atoms with Gasteiger partial charge in [0.05, 0.1) is 5.52 Å². The molecule has 0 bridgehead atoms. The summed E-state index contributed by atoms with van der Waals surface area (Å²) in [6.45, 7) is 3.45. The number of halogens is 1. The second-order valence-electron chi connectivity index (χ2n) is 7.48. The third-order valence-corrected chi connectivity index (χ3v) is 5.81. The molecule has 0 radical (unpaired) electrons. The highest BCUT2D eigenvalue weighted by Crippen LogP contribution is 2.41. The molecule has 5 rings (SSSR count). The number of hydrogen-bond acceptors (Lipinski definition) is 5. The van der Waals surface area contributed by atoms with E-state index < -0.39 is 5.66 Å². The highest BCUT2D eigenvalue weighted by atomic mass is 19.1. The number of nitrogens with one attached hydrogen (secondary N) is 2. The summed E-state index contributed by atoms with van der Waals surface area (Å²) < 4.78 is 15.7. The summed E-state index contributed by atoms with van der Waals surface area (Å²) in [7, 11) is 0. The number of hydrogen-bond donors (Lipinski definition) is 2. The molecule has 2 N–H and O–H groups in total. The van der Waals surface area contributed by atoms with Crippen LogP contribution in [0.4, 0.5) is 15.9 Å². The van der Waals surface area contributed by atoms with E-state index >= 15 is 0 Å². The molecule has 1 spiro atoms. The van der Waals surface area contributed by atoms with Crippen LogP contribution in [0.15, 0.2) is 29.3 Å². The van der Waals surface area contributed by atoms with Gasteiger partial charge in [0.25, 0.3) is 11.5 Å². The summed E-state index contributed by atoms with van der Waals surface area (Å²) in [6, 6.07) is 4.59. The van der Waals surface area contributed by atoms with Crippen molar-refractivity contribution < 1.29 is 9.18 Å². The number of carbonyl (C=O) groups is 1. The molecule has 0 saturated heterocycles. The molecule has 1 saturated carbocycles. The van der Waals surface area contributed by atoms with Gasteiger partial charge in [-0.3, -0.25) is 14.2 Å². The van der Waals surface area contributed by atoms with E-state index in [9.17, 15) is 14.0 Å². The Balaban J connectivity index is 1.70. The molecule has 1 aliphatic carbocycles. The highest BCUT2D eigenvalue weighted by Gasteiger charge is 2.48. The smallest absolute Gasteiger partial charge is 0.276 e. The molecule has 142 valence electrons. The lowest BCUT2D eigenvalue weighted by Gasteiger charge is -2.39. The fourth-order valence-corrected chi connectivity index (χ4v) is 4.22. The van der Waals surface area contributed by atoms with E-state index in [0.29, 0.717) is 39.2 Å². The Morgan fingerprint density at radius 3 is 2.71 bits per heavy atom. The number of aromatic nitrogens is 3. The van der Waals surface area contributed by atoms with Gasteiger partial charge in [0, 0.05) is 5.39 Å². The first-order chi connectivity index (χ1) is 13.4. The maximum absolute atomic E-state index is 14.1. The van der Waals surface area contributed by atoms with Gasteiger partial charge in [-0.05, 0) is 62.4 Å². The normalized spacial score (nSPS) is 16.8. The van der Waals surface area contributed by atoms with Crippen LogP contribution in [0.5, 0.6) is 0 Å². The highest BCUT2D eigenvalue weighted by molar-refractivity contribution is 5.97. The minimum absolute atomic E-state index is 0.216. The Hall–Kier alpha value is -3.29. The summed E-state index contributed by atoms with van der Waals surface area (Å²) in [5.41, 5.74) is 1.48. The van der Waals surface area contributed by atoms with E-state index in [2.05, 4.69) is 20.6 Å². The average molecular weight is 379 g/mol. The van der Waals surface area contributed by atoms with Crippen LogP contribution < -0.4 is 16.2 Å². The molecule has 1 aromatic carbocycles. The molecule has 1 amide bonds. The van der Waals surface area contributed by atoms with Crippen molar-refractivity contribution in [3.8, 4) is 0 Å². The van der Waals surface area contributed by atoms with Crippen LogP contribution in [0.3, 0.4) is 0 Å². The van der Waals surface area contributed by atoms with Crippen molar-refractivity contribution in [3.05, 3.63) is 57.5 Å². The molecule has 3 heterocycles. The lowest BCUT2D eigenvalue weighted by atomic mass is 9.85. The SMILES string of the molecule is Cc1cc(Nc2ncnc3ccc(F)c(C)c23)c(=O)n2c1C(=O)NC21CCC1. The van der Waals surface area contributed by atoms with Gasteiger partial charge in [-0.15, -0.1) is 0 Å². The third kappa shape index (κ3) is 2.14. The summed E-state index contributed by atoms with van der Waals surface area (Å²) in [5.74, 6) is -0.222. The van der Waals surface area contributed by atoms with Gasteiger partial charge in [0.1, 0.15) is 35.0 Å². The monoisotopic (exact) mass is 379 g/mol. The Bertz CT molecular complexity index is 1230. The molecule has 2 aromatic heterocycles. The van der Waals surface area contributed by atoms with Crippen molar-refractivity contribution >= 4 is 28.3 Å². The zero-order valence-electron chi connectivity index (χ0n) is 15.5. The molecule has 2 aliphatic rings. The zero-order chi connectivity index (χ0) is 19.6. The Kier molecular flexibility index (Phi) is 3.37. The van der Waals surface area contributed by atoms with Crippen LogP contribution >= 0.6 is 0 Å². The first-order valence-corrected chi connectivity index (χ1v) is 9.18. The van der Waals surface area contributed by atoms with Gasteiger partial charge < -0.3 is 10.6 Å². The van der Waals surface area contributed by atoms with Crippen LogP contribution in [0, 0.1) is 19.7 Å². The molecule has 0 unspecified atom stereocenters.